The summed E-state index contributed by atoms with van der Waals surface area (Å²) in [6.07, 6.45) is 0.796. The fourth-order valence-corrected chi connectivity index (χ4v) is 1.84. The van der Waals surface area contributed by atoms with Gasteiger partial charge in [0.2, 0.25) is 5.91 Å². The normalized spacial score (nSPS) is 11.8. The molecular weight excluding hydrogens is 282 g/mol. The average Bonchev–Trinajstić information content (AvgIpc) is 2.51. The zero-order valence-electron chi connectivity index (χ0n) is 13.5. The number of benzene rings is 1. The van der Waals surface area contributed by atoms with Crippen molar-refractivity contribution in [2.24, 2.45) is 0 Å². The molecule has 0 fully saturated rings. The van der Waals surface area contributed by atoms with Crippen molar-refractivity contribution in [3.8, 4) is 5.75 Å². The van der Waals surface area contributed by atoms with Gasteiger partial charge in [-0.05, 0) is 39.4 Å². The molecule has 0 bridgehead atoms. The largest absolute Gasteiger partial charge is 0.494 e. The van der Waals surface area contributed by atoms with Crippen LogP contribution in [0.1, 0.15) is 20.3 Å². The molecule has 6 nitrogen and oxygen atoms in total. The van der Waals surface area contributed by atoms with Crippen LogP contribution in [0, 0.1) is 0 Å². The van der Waals surface area contributed by atoms with Crippen molar-refractivity contribution in [2.45, 2.75) is 26.3 Å². The highest BCUT2D eigenvalue weighted by Crippen LogP contribution is 2.08. The van der Waals surface area contributed by atoms with Gasteiger partial charge in [-0.3, -0.25) is 15.0 Å². The molecule has 3 amide bonds. The van der Waals surface area contributed by atoms with Crippen molar-refractivity contribution in [3.63, 3.8) is 0 Å². The lowest BCUT2D eigenvalue weighted by molar-refractivity contribution is -0.124. The number of hydrogen-bond donors (Lipinski definition) is 2. The lowest BCUT2D eigenvalue weighted by Gasteiger charge is -2.23. The van der Waals surface area contributed by atoms with E-state index in [9.17, 15) is 9.59 Å². The number of likely N-dealkylation sites (N-methyl/N-ethyl adjacent to an activating group) is 1. The molecule has 0 aliphatic heterocycles. The van der Waals surface area contributed by atoms with Crippen LogP contribution in [0.5, 0.6) is 5.75 Å². The second kappa shape index (κ2) is 9.78. The summed E-state index contributed by atoms with van der Waals surface area (Å²) in [5, 5.41) is 4.85. The Hall–Kier alpha value is -2.08. The number of nitrogens with one attached hydrogen (secondary N) is 2. The van der Waals surface area contributed by atoms with Gasteiger partial charge in [0, 0.05) is 13.1 Å². The van der Waals surface area contributed by atoms with E-state index in [0.29, 0.717) is 19.7 Å². The van der Waals surface area contributed by atoms with E-state index >= 15 is 0 Å². The fraction of sp³-hybridized carbons (Fsp3) is 0.500. The van der Waals surface area contributed by atoms with Gasteiger partial charge in [-0.1, -0.05) is 18.2 Å². The highest BCUT2D eigenvalue weighted by Gasteiger charge is 2.19. The van der Waals surface area contributed by atoms with Crippen LogP contribution < -0.4 is 15.4 Å². The highest BCUT2D eigenvalue weighted by atomic mass is 16.5. The van der Waals surface area contributed by atoms with Crippen LogP contribution >= 0.6 is 0 Å². The Kier molecular flexibility index (Phi) is 7.99. The van der Waals surface area contributed by atoms with Gasteiger partial charge in [0.1, 0.15) is 5.75 Å². The Morgan fingerprint density at radius 3 is 2.59 bits per heavy atom. The Bertz CT molecular complexity index is 465. The third-order valence-corrected chi connectivity index (χ3v) is 3.28. The van der Waals surface area contributed by atoms with E-state index < -0.39 is 6.03 Å². The molecule has 1 rings (SSSR count). The topological polar surface area (TPSA) is 70.7 Å². The van der Waals surface area contributed by atoms with Gasteiger partial charge in [-0.2, -0.15) is 0 Å². The number of urea groups is 1. The molecule has 22 heavy (non-hydrogen) atoms. The third kappa shape index (κ3) is 6.58. The van der Waals surface area contributed by atoms with E-state index in [2.05, 4.69) is 10.6 Å². The zero-order valence-corrected chi connectivity index (χ0v) is 13.5. The van der Waals surface area contributed by atoms with Gasteiger partial charge in [0.25, 0.3) is 0 Å². The molecular formula is C16H25N3O3. The van der Waals surface area contributed by atoms with Crippen molar-refractivity contribution in [1.82, 2.24) is 15.5 Å². The van der Waals surface area contributed by atoms with Gasteiger partial charge in [-0.15, -0.1) is 0 Å². The van der Waals surface area contributed by atoms with Crippen molar-refractivity contribution in [1.29, 1.82) is 0 Å². The Labute approximate surface area is 131 Å². The van der Waals surface area contributed by atoms with Crippen molar-refractivity contribution in [3.05, 3.63) is 30.3 Å². The van der Waals surface area contributed by atoms with Crippen LogP contribution in [0.2, 0.25) is 0 Å². The van der Waals surface area contributed by atoms with Crippen LogP contribution in [-0.4, -0.2) is 49.6 Å². The molecule has 0 unspecified atom stereocenters. The number of nitrogens with zero attached hydrogens (tertiary/aromatic N) is 1. The molecule has 0 aliphatic carbocycles. The summed E-state index contributed by atoms with van der Waals surface area (Å²) in [6, 6.07) is 8.78. The minimum atomic E-state index is -0.458. The minimum absolute atomic E-state index is 0.308. The summed E-state index contributed by atoms with van der Waals surface area (Å²) in [5.74, 6) is 0.532. The number of hydrogen-bond acceptors (Lipinski definition) is 4. The molecule has 2 N–H and O–H groups in total. The first-order valence-electron chi connectivity index (χ1n) is 7.51. The summed E-state index contributed by atoms with van der Waals surface area (Å²) in [4.78, 5) is 25.1. The lowest BCUT2D eigenvalue weighted by atomic mass is 10.2. The Morgan fingerprint density at radius 2 is 1.95 bits per heavy atom. The smallest absolute Gasteiger partial charge is 0.321 e. The molecule has 122 valence electrons. The number of rotatable bonds is 8. The molecule has 0 aromatic heterocycles. The van der Waals surface area contributed by atoms with Crippen LogP contribution in [0.4, 0.5) is 4.79 Å². The molecule has 0 spiro atoms. The molecule has 0 saturated carbocycles. The molecule has 6 heteroatoms. The van der Waals surface area contributed by atoms with Crippen LogP contribution in [0.25, 0.3) is 0 Å². The van der Waals surface area contributed by atoms with E-state index in [1.54, 1.807) is 13.8 Å². The number of ether oxygens (including phenoxy) is 1. The van der Waals surface area contributed by atoms with Crippen LogP contribution in [0.15, 0.2) is 30.3 Å². The molecule has 0 radical (unpaired) electrons. The summed E-state index contributed by atoms with van der Waals surface area (Å²) in [6.45, 7) is 5.34. The van der Waals surface area contributed by atoms with E-state index in [0.717, 1.165) is 12.2 Å². The molecule has 0 heterocycles. The fourth-order valence-electron chi connectivity index (χ4n) is 1.84. The SMILES string of the molecule is CCNC(=O)NC(=O)[C@H](C)N(C)CCCOc1ccccc1. The van der Waals surface area contributed by atoms with Crippen molar-refractivity contribution >= 4 is 11.9 Å². The standard InChI is InChI=1S/C16H25N3O3/c1-4-17-16(21)18-15(20)13(2)19(3)11-8-12-22-14-9-6-5-7-10-14/h5-7,9-10,13H,4,8,11-12H2,1-3H3,(H2,17,18,20,21)/t13-/m0/s1. The van der Waals surface area contributed by atoms with E-state index in [1.165, 1.54) is 0 Å². The summed E-state index contributed by atoms with van der Waals surface area (Å²) >= 11 is 0. The van der Waals surface area contributed by atoms with Crippen LogP contribution in [0.3, 0.4) is 0 Å². The van der Waals surface area contributed by atoms with Gasteiger partial charge in [0.05, 0.1) is 12.6 Å². The van der Waals surface area contributed by atoms with Crippen LogP contribution in [-0.2, 0) is 4.79 Å². The second-order valence-electron chi connectivity index (χ2n) is 5.02. The number of para-hydroxylation sites is 1. The first kappa shape index (κ1) is 18.0. The third-order valence-electron chi connectivity index (χ3n) is 3.28. The Morgan fingerprint density at radius 1 is 1.27 bits per heavy atom. The molecule has 1 aromatic rings. The number of imide groups is 1. The van der Waals surface area contributed by atoms with E-state index in [-0.39, 0.29) is 11.9 Å². The van der Waals surface area contributed by atoms with E-state index in [4.69, 9.17) is 4.74 Å². The van der Waals surface area contributed by atoms with Gasteiger partial charge >= 0.3 is 6.03 Å². The maximum Gasteiger partial charge on any atom is 0.321 e. The lowest BCUT2D eigenvalue weighted by Crippen LogP contribution is -2.48. The zero-order chi connectivity index (χ0) is 16.4. The average molecular weight is 307 g/mol. The van der Waals surface area contributed by atoms with Gasteiger partial charge in [-0.25, -0.2) is 4.79 Å². The molecule has 0 saturated heterocycles. The summed E-state index contributed by atoms with van der Waals surface area (Å²) < 4.78 is 5.60. The summed E-state index contributed by atoms with van der Waals surface area (Å²) in [5.41, 5.74) is 0. The summed E-state index contributed by atoms with van der Waals surface area (Å²) in [7, 11) is 1.85. The second-order valence-corrected chi connectivity index (χ2v) is 5.02. The predicted octanol–water partition coefficient (Wildman–Crippen LogP) is 1.62. The van der Waals surface area contributed by atoms with Crippen molar-refractivity contribution in [2.75, 3.05) is 26.7 Å². The monoisotopic (exact) mass is 307 g/mol. The maximum atomic E-state index is 11.9. The van der Waals surface area contributed by atoms with Crippen molar-refractivity contribution < 1.29 is 14.3 Å². The number of carbonyl (C=O) groups is 2. The molecule has 1 atom stereocenters. The van der Waals surface area contributed by atoms with Gasteiger partial charge < -0.3 is 10.1 Å². The maximum absolute atomic E-state index is 11.9. The van der Waals surface area contributed by atoms with Gasteiger partial charge in [0.15, 0.2) is 0 Å². The number of amides is 3. The molecule has 1 aromatic carbocycles. The highest BCUT2D eigenvalue weighted by molar-refractivity contribution is 5.96. The first-order valence-corrected chi connectivity index (χ1v) is 7.51. The molecule has 0 aliphatic rings. The predicted molar refractivity (Wildman–Crippen MR) is 85.9 cm³/mol. The number of carbonyl (C=O) groups excluding carboxylic acids is 2. The Balaban J connectivity index is 2.24. The quantitative estimate of drug-likeness (QED) is 0.716. The van der Waals surface area contributed by atoms with E-state index in [1.807, 2.05) is 42.3 Å². The first-order chi connectivity index (χ1) is 10.5. The minimum Gasteiger partial charge on any atom is -0.494 e.